The molecule has 0 aliphatic heterocycles. The second-order valence-electron chi connectivity index (χ2n) is 7.45. The van der Waals surface area contributed by atoms with Gasteiger partial charge >= 0.3 is 0 Å². The lowest BCUT2D eigenvalue weighted by Crippen LogP contribution is -2.22. The van der Waals surface area contributed by atoms with E-state index in [-0.39, 0.29) is 11.7 Å². The summed E-state index contributed by atoms with van der Waals surface area (Å²) in [7, 11) is 1.64. The van der Waals surface area contributed by atoms with Gasteiger partial charge < -0.3 is 15.4 Å². The number of ether oxygens (including phenoxy) is 1. The molecule has 1 aliphatic rings. The summed E-state index contributed by atoms with van der Waals surface area (Å²) in [5.74, 6) is 2.16. The van der Waals surface area contributed by atoms with Crippen molar-refractivity contribution in [2.45, 2.75) is 26.7 Å². The number of Topliss-reactive ketones (excluding diaryl/α,β-unsaturated/α-hetero) is 1. The second-order valence-corrected chi connectivity index (χ2v) is 7.45. The second kappa shape index (κ2) is 7.91. The maximum Gasteiger partial charge on any atom is 0.229 e. The lowest BCUT2D eigenvalue weighted by molar-refractivity contribution is 0.0953. The number of fused-ring (bicyclic) bond motifs is 1. The molecule has 1 unspecified atom stereocenters. The standard InChI is InChI=1S/C23H24N4O2/c1-14-12-19-21(20(28)13-14)22(25-18-7-5-4-6-15(18)2)27-23(26-19)24-16-8-10-17(29-3)11-9-16/h4-11,14H,12-13H2,1-3H3,(H2,24,25,26,27). The van der Waals surface area contributed by atoms with E-state index in [0.717, 1.165) is 34.8 Å². The molecule has 6 nitrogen and oxygen atoms in total. The molecule has 1 heterocycles. The molecule has 0 bridgehead atoms. The fraction of sp³-hybridized carbons (Fsp3) is 0.261. The fourth-order valence-electron chi connectivity index (χ4n) is 3.56. The smallest absolute Gasteiger partial charge is 0.229 e. The van der Waals surface area contributed by atoms with Gasteiger partial charge in [-0.2, -0.15) is 4.98 Å². The van der Waals surface area contributed by atoms with Crippen LogP contribution in [0.1, 0.15) is 35.0 Å². The molecule has 0 spiro atoms. The molecule has 4 rings (SSSR count). The van der Waals surface area contributed by atoms with Crippen molar-refractivity contribution < 1.29 is 9.53 Å². The number of hydrogen-bond donors (Lipinski definition) is 2. The highest BCUT2D eigenvalue weighted by atomic mass is 16.5. The molecule has 1 atom stereocenters. The van der Waals surface area contributed by atoms with Crippen molar-refractivity contribution in [1.29, 1.82) is 0 Å². The number of anilines is 4. The summed E-state index contributed by atoms with van der Waals surface area (Å²) in [5.41, 5.74) is 4.25. The van der Waals surface area contributed by atoms with E-state index in [4.69, 9.17) is 4.74 Å². The molecule has 148 valence electrons. The molecule has 0 amide bonds. The Morgan fingerprint density at radius 2 is 1.76 bits per heavy atom. The van der Waals surface area contributed by atoms with Crippen LogP contribution in [0.4, 0.5) is 23.1 Å². The number of hydrogen-bond acceptors (Lipinski definition) is 6. The Morgan fingerprint density at radius 3 is 2.48 bits per heavy atom. The molecule has 0 radical (unpaired) electrons. The molecule has 6 heteroatoms. The van der Waals surface area contributed by atoms with Gasteiger partial charge in [0.15, 0.2) is 5.78 Å². The number of nitrogens with zero attached hydrogens (tertiary/aromatic N) is 2. The number of nitrogens with one attached hydrogen (secondary N) is 2. The first kappa shape index (κ1) is 18.9. The minimum Gasteiger partial charge on any atom is -0.497 e. The van der Waals surface area contributed by atoms with Crippen molar-refractivity contribution in [3.8, 4) is 5.75 Å². The van der Waals surface area contributed by atoms with Crippen LogP contribution in [0.5, 0.6) is 5.75 Å². The van der Waals surface area contributed by atoms with Gasteiger partial charge in [-0.15, -0.1) is 0 Å². The molecular formula is C23H24N4O2. The predicted octanol–water partition coefficient (Wildman–Crippen LogP) is 5.05. The topological polar surface area (TPSA) is 76.1 Å². The quantitative estimate of drug-likeness (QED) is 0.637. The molecule has 2 aromatic carbocycles. The molecule has 3 aromatic rings. The van der Waals surface area contributed by atoms with Crippen molar-refractivity contribution in [3.05, 3.63) is 65.4 Å². The largest absolute Gasteiger partial charge is 0.497 e. The zero-order valence-corrected chi connectivity index (χ0v) is 16.8. The maximum absolute atomic E-state index is 12.8. The van der Waals surface area contributed by atoms with Crippen LogP contribution in [-0.2, 0) is 6.42 Å². The SMILES string of the molecule is COc1ccc(Nc2nc3c(c(Nc4ccccc4C)n2)C(=O)CC(C)C3)cc1. The molecule has 0 saturated heterocycles. The zero-order chi connectivity index (χ0) is 20.4. The summed E-state index contributed by atoms with van der Waals surface area (Å²) in [6, 6.07) is 15.5. The molecular weight excluding hydrogens is 364 g/mol. The van der Waals surface area contributed by atoms with Crippen molar-refractivity contribution in [1.82, 2.24) is 9.97 Å². The minimum absolute atomic E-state index is 0.0887. The number of methoxy groups -OCH3 is 1. The van der Waals surface area contributed by atoms with E-state index in [9.17, 15) is 4.79 Å². The number of aromatic nitrogens is 2. The van der Waals surface area contributed by atoms with Crippen LogP contribution in [0.2, 0.25) is 0 Å². The Labute approximate surface area is 170 Å². The third kappa shape index (κ3) is 4.06. The van der Waals surface area contributed by atoms with E-state index in [1.165, 1.54) is 0 Å². The molecule has 0 fully saturated rings. The lowest BCUT2D eigenvalue weighted by atomic mass is 9.87. The van der Waals surface area contributed by atoms with E-state index in [1.54, 1.807) is 7.11 Å². The lowest BCUT2D eigenvalue weighted by Gasteiger charge is -2.23. The van der Waals surface area contributed by atoms with Gasteiger partial charge in [0, 0.05) is 17.8 Å². The van der Waals surface area contributed by atoms with E-state index in [0.29, 0.717) is 23.8 Å². The average Bonchev–Trinajstić information content (AvgIpc) is 2.69. The Hall–Kier alpha value is -3.41. The third-order valence-corrected chi connectivity index (χ3v) is 5.08. The number of carbonyl (C=O) groups excluding carboxylic acids is 1. The van der Waals surface area contributed by atoms with Crippen molar-refractivity contribution in [2.75, 3.05) is 17.7 Å². The Balaban J connectivity index is 1.73. The minimum atomic E-state index is 0.0887. The summed E-state index contributed by atoms with van der Waals surface area (Å²) >= 11 is 0. The molecule has 29 heavy (non-hydrogen) atoms. The Bertz CT molecular complexity index is 1050. The van der Waals surface area contributed by atoms with Crippen LogP contribution >= 0.6 is 0 Å². The van der Waals surface area contributed by atoms with Gasteiger partial charge in [0.1, 0.15) is 11.6 Å². The highest BCUT2D eigenvalue weighted by Crippen LogP contribution is 2.32. The normalized spacial score (nSPS) is 15.6. The first-order chi connectivity index (χ1) is 14.0. The maximum atomic E-state index is 12.8. The van der Waals surface area contributed by atoms with Crippen LogP contribution in [0.25, 0.3) is 0 Å². The average molecular weight is 388 g/mol. The molecule has 1 aromatic heterocycles. The first-order valence-corrected chi connectivity index (χ1v) is 9.71. The van der Waals surface area contributed by atoms with Crippen molar-refractivity contribution in [3.63, 3.8) is 0 Å². The Morgan fingerprint density at radius 1 is 1.00 bits per heavy atom. The van der Waals surface area contributed by atoms with E-state index in [1.807, 2.05) is 55.5 Å². The van der Waals surface area contributed by atoms with Crippen LogP contribution in [0.15, 0.2) is 48.5 Å². The Kier molecular flexibility index (Phi) is 5.16. The van der Waals surface area contributed by atoms with E-state index < -0.39 is 0 Å². The molecule has 2 N–H and O–H groups in total. The molecule has 1 aliphatic carbocycles. The molecule has 0 saturated carbocycles. The van der Waals surface area contributed by atoms with Gasteiger partial charge in [-0.05, 0) is 55.2 Å². The monoisotopic (exact) mass is 388 g/mol. The van der Waals surface area contributed by atoms with Crippen LogP contribution < -0.4 is 15.4 Å². The number of benzene rings is 2. The zero-order valence-electron chi connectivity index (χ0n) is 16.8. The van der Waals surface area contributed by atoms with Crippen LogP contribution in [0, 0.1) is 12.8 Å². The van der Waals surface area contributed by atoms with Gasteiger partial charge in [0.25, 0.3) is 0 Å². The van der Waals surface area contributed by atoms with Gasteiger partial charge in [-0.1, -0.05) is 25.1 Å². The number of para-hydroxylation sites is 1. The fourth-order valence-corrected chi connectivity index (χ4v) is 3.56. The van der Waals surface area contributed by atoms with Gasteiger partial charge in [0.05, 0.1) is 18.4 Å². The number of aryl methyl sites for hydroxylation is 1. The van der Waals surface area contributed by atoms with Crippen LogP contribution in [-0.4, -0.2) is 22.9 Å². The van der Waals surface area contributed by atoms with Crippen LogP contribution in [0.3, 0.4) is 0 Å². The van der Waals surface area contributed by atoms with Gasteiger partial charge in [-0.25, -0.2) is 4.98 Å². The summed E-state index contributed by atoms with van der Waals surface area (Å²) in [5, 5.41) is 6.60. The third-order valence-electron chi connectivity index (χ3n) is 5.08. The highest BCUT2D eigenvalue weighted by Gasteiger charge is 2.28. The summed E-state index contributed by atoms with van der Waals surface area (Å²) in [6.45, 7) is 4.10. The number of rotatable bonds is 5. The van der Waals surface area contributed by atoms with E-state index in [2.05, 4.69) is 27.5 Å². The summed E-state index contributed by atoms with van der Waals surface area (Å²) < 4.78 is 5.21. The number of carbonyl (C=O) groups is 1. The predicted molar refractivity (Wildman–Crippen MR) is 115 cm³/mol. The number of ketones is 1. The summed E-state index contributed by atoms with van der Waals surface area (Å²) in [6.07, 6.45) is 1.27. The van der Waals surface area contributed by atoms with Gasteiger partial charge in [0.2, 0.25) is 5.95 Å². The van der Waals surface area contributed by atoms with Crippen molar-refractivity contribution >= 4 is 28.9 Å². The summed E-state index contributed by atoms with van der Waals surface area (Å²) in [4.78, 5) is 22.1. The first-order valence-electron chi connectivity index (χ1n) is 9.71. The van der Waals surface area contributed by atoms with Crippen molar-refractivity contribution in [2.24, 2.45) is 5.92 Å². The van der Waals surface area contributed by atoms with E-state index >= 15 is 0 Å². The highest BCUT2D eigenvalue weighted by molar-refractivity contribution is 6.03. The van der Waals surface area contributed by atoms with Gasteiger partial charge in [-0.3, -0.25) is 4.79 Å².